The van der Waals surface area contributed by atoms with Crippen LogP contribution in [0.3, 0.4) is 0 Å². The lowest BCUT2D eigenvalue weighted by Crippen LogP contribution is -2.23. The number of rotatable bonds is 13. The predicted molar refractivity (Wildman–Crippen MR) is 212 cm³/mol. The largest absolute Gasteiger partial charge is 0.491 e. The summed E-state index contributed by atoms with van der Waals surface area (Å²) in [6.07, 6.45) is 4.44. The van der Waals surface area contributed by atoms with Crippen molar-refractivity contribution in [2.75, 3.05) is 12.3 Å². The van der Waals surface area contributed by atoms with Crippen LogP contribution in [0.4, 0.5) is 5.69 Å². The van der Waals surface area contributed by atoms with Crippen LogP contribution in [0, 0.1) is 5.92 Å². The van der Waals surface area contributed by atoms with Crippen LogP contribution >= 0.6 is 15.8 Å². The molecule has 3 nitrogen and oxygen atoms in total. The highest BCUT2D eigenvalue weighted by Gasteiger charge is 2.26. The normalized spacial score (nSPS) is 12.6. The van der Waals surface area contributed by atoms with E-state index in [4.69, 9.17) is 15.2 Å². The molecule has 0 bridgehead atoms. The Hall–Kier alpha value is -4.94. The maximum absolute atomic E-state index is 7.24. The third-order valence-corrected chi connectivity index (χ3v) is 13.1. The lowest BCUT2D eigenvalue weighted by molar-refractivity contribution is 0.283. The van der Waals surface area contributed by atoms with Crippen molar-refractivity contribution in [3.8, 4) is 11.5 Å². The van der Waals surface area contributed by atoms with Gasteiger partial charge in [-0.2, -0.15) is 0 Å². The number of hydrogen-bond acceptors (Lipinski definition) is 3. The molecule has 0 aliphatic rings. The van der Waals surface area contributed by atoms with Gasteiger partial charge in [0.15, 0.2) is 0 Å². The van der Waals surface area contributed by atoms with Crippen molar-refractivity contribution in [1.82, 2.24) is 0 Å². The molecule has 244 valence electrons. The highest BCUT2D eigenvalue weighted by Crippen LogP contribution is 2.48. The first kappa shape index (κ1) is 33.9. The van der Waals surface area contributed by atoms with Crippen molar-refractivity contribution in [2.45, 2.75) is 13.8 Å². The minimum absolute atomic E-state index is 0.0184. The second-order valence-electron chi connectivity index (χ2n) is 11.6. The number of benzene rings is 6. The molecule has 6 aromatic carbocycles. The van der Waals surface area contributed by atoms with Gasteiger partial charge < -0.3 is 15.2 Å². The third-order valence-electron chi connectivity index (χ3n) is 8.01. The van der Waals surface area contributed by atoms with Crippen LogP contribution in [0.15, 0.2) is 193 Å². The molecule has 1 unspecified atom stereocenters. The van der Waals surface area contributed by atoms with E-state index in [0.717, 1.165) is 16.8 Å². The summed E-state index contributed by atoms with van der Waals surface area (Å²) in [6, 6.07) is 59.2. The number of nitrogen functional groups attached to an aromatic ring is 1. The van der Waals surface area contributed by atoms with Gasteiger partial charge in [-0.3, -0.25) is 0 Å². The summed E-state index contributed by atoms with van der Waals surface area (Å²) in [6.45, 7) is 4.73. The number of anilines is 1. The molecule has 0 saturated heterocycles. The van der Waals surface area contributed by atoms with Gasteiger partial charge in [-0.1, -0.05) is 165 Å². The molecule has 0 spiro atoms. The van der Waals surface area contributed by atoms with Gasteiger partial charge in [0.2, 0.25) is 0 Å². The van der Waals surface area contributed by atoms with Gasteiger partial charge in [0, 0.05) is 16.5 Å². The molecule has 0 radical (unpaired) electrons. The molecule has 49 heavy (non-hydrogen) atoms. The minimum atomic E-state index is -0.939. The van der Waals surface area contributed by atoms with Crippen molar-refractivity contribution in [3.05, 3.63) is 193 Å². The summed E-state index contributed by atoms with van der Waals surface area (Å²) in [5, 5.41) is 7.38. The Morgan fingerprint density at radius 1 is 0.592 bits per heavy atom. The zero-order chi connectivity index (χ0) is 33.8. The molecular formula is C44H41NO2P2. The third kappa shape index (κ3) is 8.57. The summed E-state index contributed by atoms with van der Waals surface area (Å²) in [7, 11) is -1.83. The van der Waals surface area contributed by atoms with Crippen LogP contribution in [0.25, 0.3) is 0 Å². The molecule has 0 heterocycles. The highest BCUT2D eigenvalue weighted by molar-refractivity contribution is 7.80. The van der Waals surface area contributed by atoms with Crippen molar-refractivity contribution < 1.29 is 9.47 Å². The highest BCUT2D eigenvalue weighted by atomic mass is 31.1. The van der Waals surface area contributed by atoms with E-state index in [0.29, 0.717) is 18.0 Å². The molecule has 2 N–H and O–H groups in total. The van der Waals surface area contributed by atoms with E-state index in [2.05, 4.69) is 172 Å². The second-order valence-corrected chi connectivity index (χ2v) is 16.0. The average molecular weight is 678 g/mol. The summed E-state index contributed by atoms with van der Waals surface area (Å²) in [5.74, 6) is 2.39. The van der Waals surface area contributed by atoms with Crippen LogP contribution in [-0.4, -0.2) is 6.61 Å². The maximum atomic E-state index is 7.24. The molecule has 0 fully saturated rings. The number of allylic oxidation sites excluding steroid dienone is 2. The van der Waals surface area contributed by atoms with E-state index in [9.17, 15) is 0 Å². The standard InChI is InChI=1S/C44H41NO2P2/c1-3-43(48(35-20-8-4-9-21-35)36-22-10-5-11-23-36)42(32-34(2)33-46-40-29-17-16-28-39(40)45)47-41-30-18-19-31-44(41)49(37-24-12-6-13-25-37)38-26-14-7-15-27-38/h3-32,34H,33,45H2,1-2H3/b42-32+,43-3+. The Balaban J connectivity index is 1.46. The van der Waals surface area contributed by atoms with Crippen molar-refractivity contribution in [3.63, 3.8) is 0 Å². The zero-order valence-corrected chi connectivity index (χ0v) is 29.7. The van der Waals surface area contributed by atoms with E-state index in [1.165, 1.54) is 26.5 Å². The van der Waals surface area contributed by atoms with Crippen molar-refractivity contribution in [2.24, 2.45) is 5.92 Å². The van der Waals surface area contributed by atoms with Crippen LogP contribution in [0.2, 0.25) is 0 Å². The van der Waals surface area contributed by atoms with Gasteiger partial charge >= 0.3 is 0 Å². The fourth-order valence-electron chi connectivity index (χ4n) is 5.70. The monoisotopic (exact) mass is 677 g/mol. The summed E-state index contributed by atoms with van der Waals surface area (Å²) in [4.78, 5) is 0. The fourth-order valence-corrected chi connectivity index (χ4v) is 10.5. The quantitative estimate of drug-likeness (QED) is 0.0575. The molecule has 6 aromatic rings. The van der Waals surface area contributed by atoms with Gasteiger partial charge in [-0.15, -0.1) is 0 Å². The first-order valence-corrected chi connectivity index (χ1v) is 19.2. The van der Waals surface area contributed by atoms with Gasteiger partial charge in [0.25, 0.3) is 0 Å². The molecule has 0 aromatic heterocycles. The summed E-state index contributed by atoms with van der Waals surface area (Å²) < 4.78 is 13.5. The van der Waals surface area contributed by atoms with E-state index in [-0.39, 0.29) is 5.92 Å². The Morgan fingerprint density at radius 2 is 1.04 bits per heavy atom. The van der Waals surface area contributed by atoms with Gasteiger partial charge in [0.1, 0.15) is 17.3 Å². The number of para-hydroxylation sites is 3. The maximum Gasteiger partial charge on any atom is 0.142 e. The Kier molecular flexibility index (Phi) is 11.7. The van der Waals surface area contributed by atoms with Crippen LogP contribution in [-0.2, 0) is 0 Å². The Labute approximate surface area is 293 Å². The minimum Gasteiger partial charge on any atom is -0.491 e. The predicted octanol–water partition coefficient (Wildman–Crippen LogP) is 9.04. The van der Waals surface area contributed by atoms with Crippen LogP contribution < -0.4 is 41.7 Å². The van der Waals surface area contributed by atoms with Gasteiger partial charge in [-0.25, -0.2) is 0 Å². The van der Waals surface area contributed by atoms with E-state index < -0.39 is 15.8 Å². The molecule has 0 aliphatic heterocycles. The number of ether oxygens (including phenoxy) is 2. The molecule has 1 atom stereocenters. The average Bonchev–Trinajstić information content (AvgIpc) is 3.15. The molecular weight excluding hydrogens is 636 g/mol. The smallest absolute Gasteiger partial charge is 0.142 e. The van der Waals surface area contributed by atoms with Crippen LogP contribution in [0.1, 0.15) is 13.8 Å². The fraction of sp³-hybridized carbons (Fsp3) is 0.0909. The number of nitrogens with two attached hydrogens (primary N) is 1. The lowest BCUT2D eigenvalue weighted by atomic mass is 10.1. The van der Waals surface area contributed by atoms with E-state index in [1.54, 1.807) is 0 Å². The summed E-state index contributed by atoms with van der Waals surface area (Å²) in [5.41, 5.74) is 6.85. The van der Waals surface area contributed by atoms with Crippen molar-refractivity contribution in [1.29, 1.82) is 0 Å². The van der Waals surface area contributed by atoms with Crippen LogP contribution in [0.5, 0.6) is 11.5 Å². The summed E-state index contributed by atoms with van der Waals surface area (Å²) >= 11 is 0. The number of hydrogen-bond donors (Lipinski definition) is 1. The molecule has 6 rings (SSSR count). The lowest BCUT2D eigenvalue weighted by Gasteiger charge is -2.27. The van der Waals surface area contributed by atoms with Gasteiger partial charge in [0.05, 0.1) is 12.3 Å². The SMILES string of the molecule is C/C=C(\C(=C/C(C)COc1ccccc1N)Oc1ccccc1P(c1ccccc1)c1ccccc1)P(c1ccccc1)c1ccccc1. The molecule has 0 aliphatic carbocycles. The molecule has 0 amide bonds. The zero-order valence-electron chi connectivity index (χ0n) is 27.9. The Morgan fingerprint density at radius 3 is 1.55 bits per heavy atom. The Bertz CT molecular complexity index is 1900. The molecule has 0 saturated carbocycles. The van der Waals surface area contributed by atoms with Gasteiger partial charge in [-0.05, 0) is 68.3 Å². The first-order chi connectivity index (χ1) is 24.1. The van der Waals surface area contributed by atoms with E-state index >= 15 is 0 Å². The molecule has 5 heteroatoms. The first-order valence-electron chi connectivity index (χ1n) is 16.6. The second kappa shape index (κ2) is 16.9. The topological polar surface area (TPSA) is 44.5 Å². The van der Waals surface area contributed by atoms with E-state index in [1.807, 2.05) is 24.3 Å². The van der Waals surface area contributed by atoms with Crippen molar-refractivity contribution >= 4 is 48.1 Å².